The standard InChI is InChI=1S/C12H16F2O2/c1-12(2,7-15)8-4-10(13)9(6-16-3)11(14)5-8/h4-5,15H,6-7H2,1-3H3. The summed E-state index contributed by atoms with van der Waals surface area (Å²) in [6.45, 7) is 3.17. The largest absolute Gasteiger partial charge is 0.395 e. The second kappa shape index (κ2) is 4.89. The first-order chi connectivity index (χ1) is 7.42. The summed E-state index contributed by atoms with van der Waals surface area (Å²) in [5.74, 6) is -1.28. The molecular formula is C12H16F2O2. The highest BCUT2D eigenvalue weighted by molar-refractivity contribution is 5.30. The van der Waals surface area contributed by atoms with Crippen LogP contribution >= 0.6 is 0 Å². The van der Waals surface area contributed by atoms with Crippen LogP contribution < -0.4 is 0 Å². The van der Waals surface area contributed by atoms with E-state index in [1.807, 2.05) is 0 Å². The second-order valence-corrected chi connectivity index (χ2v) is 4.39. The number of methoxy groups -OCH3 is 1. The molecule has 16 heavy (non-hydrogen) atoms. The summed E-state index contributed by atoms with van der Waals surface area (Å²) in [6.07, 6.45) is 0. The lowest BCUT2D eigenvalue weighted by atomic mass is 9.85. The number of hydrogen-bond donors (Lipinski definition) is 1. The molecule has 0 aliphatic rings. The number of halogens is 2. The van der Waals surface area contributed by atoms with Crippen LogP contribution in [-0.2, 0) is 16.8 Å². The summed E-state index contributed by atoms with van der Waals surface area (Å²) in [7, 11) is 1.38. The number of rotatable bonds is 4. The second-order valence-electron chi connectivity index (χ2n) is 4.39. The maximum atomic E-state index is 13.6. The Hall–Kier alpha value is -1.00. The van der Waals surface area contributed by atoms with Crippen molar-refractivity contribution < 1.29 is 18.6 Å². The Balaban J connectivity index is 3.19. The maximum Gasteiger partial charge on any atom is 0.131 e. The van der Waals surface area contributed by atoms with Crippen molar-refractivity contribution in [2.45, 2.75) is 25.9 Å². The molecule has 1 aromatic rings. The molecule has 0 radical (unpaired) electrons. The zero-order chi connectivity index (χ0) is 12.3. The van der Waals surface area contributed by atoms with Crippen molar-refractivity contribution in [2.75, 3.05) is 13.7 Å². The molecule has 0 bridgehead atoms. The van der Waals surface area contributed by atoms with Crippen molar-refractivity contribution in [3.05, 3.63) is 34.9 Å². The monoisotopic (exact) mass is 230 g/mol. The predicted octanol–water partition coefficient (Wildman–Crippen LogP) is 2.38. The van der Waals surface area contributed by atoms with Crippen molar-refractivity contribution in [1.82, 2.24) is 0 Å². The van der Waals surface area contributed by atoms with Gasteiger partial charge in [0.15, 0.2) is 0 Å². The van der Waals surface area contributed by atoms with E-state index in [2.05, 4.69) is 0 Å². The lowest BCUT2D eigenvalue weighted by Crippen LogP contribution is -2.23. The van der Waals surface area contributed by atoms with Crippen LogP contribution in [0.3, 0.4) is 0 Å². The van der Waals surface area contributed by atoms with Gasteiger partial charge in [-0.2, -0.15) is 0 Å². The maximum absolute atomic E-state index is 13.6. The fourth-order valence-corrected chi connectivity index (χ4v) is 1.37. The molecule has 0 fully saturated rings. The number of ether oxygens (including phenoxy) is 1. The van der Waals surface area contributed by atoms with E-state index in [1.165, 1.54) is 19.2 Å². The van der Waals surface area contributed by atoms with Gasteiger partial charge in [0, 0.05) is 18.1 Å². The lowest BCUT2D eigenvalue weighted by Gasteiger charge is -2.23. The number of aliphatic hydroxyl groups is 1. The number of hydrogen-bond acceptors (Lipinski definition) is 2. The molecule has 0 aliphatic heterocycles. The van der Waals surface area contributed by atoms with Gasteiger partial charge in [0.2, 0.25) is 0 Å². The van der Waals surface area contributed by atoms with Gasteiger partial charge in [0.05, 0.1) is 13.2 Å². The van der Waals surface area contributed by atoms with Crippen molar-refractivity contribution in [3.8, 4) is 0 Å². The molecule has 0 atom stereocenters. The van der Waals surface area contributed by atoms with Crippen LogP contribution in [0.5, 0.6) is 0 Å². The average Bonchev–Trinajstić information content (AvgIpc) is 2.23. The van der Waals surface area contributed by atoms with Gasteiger partial charge in [-0.15, -0.1) is 0 Å². The molecule has 0 saturated heterocycles. The molecule has 1 rings (SSSR count). The van der Waals surface area contributed by atoms with Gasteiger partial charge >= 0.3 is 0 Å². The van der Waals surface area contributed by atoms with Gasteiger partial charge in [-0.25, -0.2) is 8.78 Å². The van der Waals surface area contributed by atoms with Crippen LogP contribution in [0.15, 0.2) is 12.1 Å². The molecule has 90 valence electrons. The van der Waals surface area contributed by atoms with Gasteiger partial charge in [0.1, 0.15) is 11.6 Å². The third-order valence-electron chi connectivity index (χ3n) is 2.61. The van der Waals surface area contributed by atoms with E-state index in [-0.39, 0.29) is 18.8 Å². The molecule has 0 amide bonds. The quantitative estimate of drug-likeness (QED) is 0.860. The molecule has 0 heterocycles. The Morgan fingerprint density at radius 2 is 1.75 bits per heavy atom. The Kier molecular flexibility index (Phi) is 3.99. The first kappa shape index (κ1) is 13.1. The van der Waals surface area contributed by atoms with Gasteiger partial charge in [-0.3, -0.25) is 0 Å². The fourth-order valence-electron chi connectivity index (χ4n) is 1.37. The minimum atomic E-state index is -0.659. The molecule has 0 spiro atoms. The van der Waals surface area contributed by atoms with Gasteiger partial charge in [-0.1, -0.05) is 13.8 Å². The smallest absolute Gasteiger partial charge is 0.131 e. The molecule has 0 aliphatic carbocycles. The van der Waals surface area contributed by atoms with Crippen molar-refractivity contribution in [3.63, 3.8) is 0 Å². The van der Waals surface area contributed by atoms with E-state index in [4.69, 9.17) is 9.84 Å². The topological polar surface area (TPSA) is 29.5 Å². The molecule has 4 heteroatoms. The van der Waals surface area contributed by atoms with Crippen LogP contribution in [0.2, 0.25) is 0 Å². The molecule has 2 nitrogen and oxygen atoms in total. The van der Waals surface area contributed by atoms with Gasteiger partial charge in [0.25, 0.3) is 0 Å². The summed E-state index contributed by atoms with van der Waals surface area (Å²) in [5.41, 5.74) is -0.308. The lowest BCUT2D eigenvalue weighted by molar-refractivity contribution is 0.177. The highest BCUT2D eigenvalue weighted by Crippen LogP contribution is 2.26. The van der Waals surface area contributed by atoms with Crippen LogP contribution in [-0.4, -0.2) is 18.8 Å². The third-order valence-corrected chi connectivity index (χ3v) is 2.61. The van der Waals surface area contributed by atoms with E-state index < -0.39 is 17.0 Å². The number of aliphatic hydroxyl groups excluding tert-OH is 1. The minimum Gasteiger partial charge on any atom is -0.395 e. The molecule has 1 N–H and O–H groups in total. The highest BCUT2D eigenvalue weighted by Gasteiger charge is 2.22. The first-order valence-corrected chi connectivity index (χ1v) is 5.00. The third kappa shape index (κ3) is 2.57. The van der Waals surface area contributed by atoms with Crippen LogP contribution in [0, 0.1) is 11.6 Å². The molecule has 0 unspecified atom stereocenters. The molecule has 1 aromatic carbocycles. The highest BCUT2D eigenvalue weighted by atomic mass is 19.1. The zero-order valence-corrected chi connectivity index (χ0v) is 9.68. The zero-order valence-electron chi connectivity index (χ0n) is 9.68. The predicted molar refractivity (Wildman–Crippen MR) is 57.2 cm³/mol. The van der Waals surface area contributed by atoms with E-state index in [9.17, 15) is 8.78 Å². The van der Waals surface area contributed by atoms with Crippen LogP contribution in [0.25, 0.3) is 0 Å². The number of benzene rings is 1. The van der Waals surface area contributed by atoms with Crippen LogP contribution in [0.4, 0.5) is 8.78 Å². The van der Waals surface area contributed by atoms with Crippen molar-refractivity contribution in [2.24, 2.45) is 0 Å². The summed E-state index contributed by atoms with van der Waals surface area (Å²) in [6, 6.07) is 2.49. The first-order valence-electron chi connectivity index (χ1n) is 5.00. The van der Waals surface area contributed by atoms with E-state index in [1.54, 1.807) is 13.8 Å². The molecule has 0 aromatic heterocycles. The summed E-state index contributed by atoms with van der Waals surface area (Å²) < 4.78 is 31.8. The van der Waals surface area contributed by atoms with Gasteiger partial charge < -0.3 is 9.84 Å². The average molecular weight is 230 g/mol. The van der Waals surface area contributed by atoms with Crippen molar-refractivity contribution in [1.29, 1.82) is 0 Å². The summed E-state index contributed by atoms with van der Waals surface area (Å²) in [4.78, 5) is 0. The minimum absolute atomic E-state index is 0.0833. The van der Waals surface area contributed by atoms with Crippen molar-refractivity contribution >= 4 is 0 Å². The Morgan fingerprint density at radius 1 is 1.25 bits per heavy atom. The van der Waals surface area contributed by atoms with Gasteiger partial charge in [-0.05, 0) is 17.7 Å². The summed E-state index contributed by atoms with van der Waals surface area (Å²) >= 11 is 0. The fraction of sp³-hybridized carbons (Fsp3) is 0.500. The van der Waals surface area contributed by atoms with E-state index in [0.29, 0.717) is 5.56 Å². The molecule has 0 saturated carbocycles. The van der Waals surface area contributed by atoms with E-state index in [0.717, 1.165) is 0 Å². The van der Waals surface area contributed by atoms with E-state index >= 15 is 0 Å². The Morgan fingerprint density at radius 3 is 2.12 bits per heavy atom. The summed E-state index contributed by atoms with van der Waals surface area (Å²) in [5, 5.41) is 9.13. The SMILES string of the molecule is COCc1c(F)cc(C(C)(C)CO)cc1F. The van der Waals surface area contributed by atoms with Crippen LogP contribution in [0.1, 0.15) is 25.0 Å². The Bertz CT molecular complexity index is 352. The normalized spacial score (nSPS) is 11.9. The Labute approximate surface area is 93.9 Å². The molecular weight excluding hydrogens is 214 g/mol.